The second-order valence-corrected chi connectivity index (χ2v) is 5.78. The normalized spacial score (nSPS) is 11.2. The second kappa shape index (κ2) is 7.18. The van der Waals surface area contributed by atoms with Crippen molar-refractivity contribution in [1.82, 2.24) is 0 Å². The molecule has 0 unspecified atom stereocenters. The predicted molar refractivity (Wildman–Crippen MR) is 98.8 cm³/mol. The van der Waals surface area contributed by atoms with Gasteiger partial charge >= 0.3 is 5.97 Å². The van der Waals surface area contributed by atoms with E-state index >= 15 is 0 Å². The zero-order valence-corrected chi connectivity index (χ0v) is 13.9. The van der Waals surface area contributed by atoms with E-state index in [4.69, 9.17) is 9.52 Å². The first-order chi connectivity index (χ1) is 12.1. The molecule has 0 aliphatic carbocycles. The van der Waals surface area contributed by atoms with Crippen LogP contribution >= 0.6 is 0 Å². The van der Waals surface area contributed by atoms with E-state index in [1.54, 1.807) is 6.08 Å². The van der Waals surface area contributed by atoms with Crippen LogP contribution < -0.4 is 5.43 Å². The molecule has 0 aliphatic heterocycles. The molecule has 0 saturated heterocycles. The summed E-state index contributed by atoms with van der Waals surface area (Å²) in [4.78, 5) is 24.0. The van der Waals surface area contributed by atoms with E-state index in [2.05, 4.69) is 0 Å². The molecule has 0 radical (unpaired) electrons. The third-order valence-corrected chi connectivity index (χ3v) is 3.99. The van der Waals surface area contributed by atoms with Crippen molar-refractivity contribution in [3.05, 3.63) is 81.2 Å². The highest BCUT2D eigenvalue weighted by molar-refractivity contribution is 5.93. The largest absolute Gasteiger partial charge is 0.478 e. The molecule has 3 rings (SSSR count). The molecule has 0 aliphatic rings. The molecule has 0 amide bonds. The molecule has 0 atom stereocenters. The van der Waals surface area contributed by atoms with E-state index in [1.807, 2.05) is 43.3 Å². The number of hydrogen-bond acceptors (Lipinski definition) is 3. The van der Waals surface area contributed by atoms with Crippen LogP contribution in [0.1, 0.15) is 40.6 Å². The van der Waals surface area contributed by atoms with Crippen LogP contribution in [0.3, 0.4) is 0 Å². The quantitative estimate of drug-likeness (QED) is 0.739. The molecule has 0 saturated carbocycles. The minimum Gasteiger partial charge on any atom is -0.478 e. The summed E-state index contributed by atoms with van der Waals surface area (Å²) in [6.07, 6.45) is 5.06. The van der Waals surface area contributed by atoms with Crippen molar-refractivity contribution in [1.29, 1.82) is 0 Å². The van der Waals surface area contributed by atoms with Crippen molar-refractivity contribution in [2.75, 3.05) is 0 Å². The van der Waals surface area contributed by atoms with Crippen molar-refractivity contribution in [2.24, 2.45) is 0 Å². The Labute approximate surface area is 145 Å². The molecule has 0 spiro atoms. The van der Waals surface area contributed by atoms with Crippen LogP contribution in [-0.4, -0.2) is 11.1 Å². The Morgan fingerprint density at radius 3 is 2.56 bits per heavy atom. The molecule has 4 heteroatoms. The van der Waals surface area contributed by atoms with Crippen molar-refractivity contribution in [2.45, 2.75) is 19.8 Å². The van der Waals surface area contributed by atoms with E-state index in [0.717, 1.165) is 12.0 Å². The molecule has 2 aromatic carbocycles. The van der Waals surface area contributed by atoms with Gasteiger partial charge in [0, 0.05) is 5.56 Å². The van der Waals surface area contributed by atoms with E-state index in [1.165, 1.54) is 18.2 Å². The van der Waals surface area contributed by atoms with Crippen LogP contribution in [0.4, 0.5) is 0 Å². The molecular formula is C21H18O4. The van der Waals surface area contributed by atoms with Gasteiger partial charge in [-0.1, -0.05) is 49.8 Å². The summed E-state index contributed by atoms with van der Waals surface area (Å²) in [5.41, 5.74) is 1.88. The molecule has 3 aromatic rings. The minimum atomic E-state index is -1.06. The average Bonchev–Trinajstić information content (AvgIpc) is 2.63. The number of carboxylic acids is 1. The summed E-state index contributed by atoms with van der Waals surface area (Å²) in [6, 6.07) is 14.1. The highest BCUT2D eigenvalue weighted by Crippen LogP contribution is 2.20. The van der Waals surface area contributed by atoms with Gasteiger partial charge in [-0.2, -0.15) is 0 Å². The number of carboxylic acid groups (broad SMARTS) is 1. The van der Waals surface area contributed by atoms with Crippen LogP contribution in [0.2, 0.25) is 0 Å². The van der Waals surface area contributed by atoms with Gasteiger partial charge in [-0.05, 0) is 36.3 Å². The number of benzene rings is 2. The Morgan fingerprint density at radius 2 is 1.88 bits per heavy atom. The summed E-state index contributed by atoms with van der Waals surface area (Å²) in [5, 5.41) is 9.43. The van der Waals surface area contributed by atoms with Gasteiger partial charge in [0.1, 0.15) is 11.3 Å². The fourth-order valence-electron chi connectivity index (χ4n) is 2.74. The van der Waals surface area contributed by atoms with Crippen molar-refractivity contribution < 1.29 is 14.3 Å². The van der Waals surface area contributed by atoms with Gasteiger partial charge in [0.05, 0.1) is 10.9 Å². The number of carbonyl (C=O) groups is 1. The smallest absolute Gasteiger partial charge is 0.335 e. The number of aromatic carboxylic acids is 1. The Morgan fingerprint density at radius 1 is 1.12 bits per heavy atom. The molecule has 4 nitrogen and oxygen atoms in total. The van der Waals surface area contributed by atoms with E-state index in [0.29, 0.717) is 28.7 Å². The van der Waals surface area contributed by atoms with Gasteiger partial charge in [0.25, 0.3) is 0 Å². The first-order valence-corrected chi connectivity index (χ1v) is 8.16. The summed E-state index contributed by atoms with van der Waals surface area (Å²) >= 11 is 0. The second-order valence-electron chi connectivity index (χ2n) is 5.78. The summed E-state index contributed by atoms with van der Waals surface area (Å²) in [5.74, 6) is -0.544. The molecular weight excluding hydrogens is 316 g/mol. The lowest BCUT2D eigenvalue weighted by Crippen LogP contribution is -2.12. The highest BCUT2D eigenvalue weighted by atomic mass is 16.4. The monoisotopic (exact) mass is 334 g/mol. The summed E-state index contributed by atoms with van der Waals surface area (Å²) in [7, 11) is 0. The van der Waals surface area contributed by atoms with Crippen molar-refractivity contribution in [3.63, 3.8) is 0 Å². The Kier molecular flexibility index (Phi) is 4.80. The molecule has 25 heavy (non-hydrogen) atoms. The predicted octanol–water partition coefficient (Wildman–Crippen LogP) is 4.61. The number of fused-ring (bicyclic) bond motifs is 1. The summed E-state index contributed by atoms with van der Waals surface area (Å²) in [6.45, 7) is 1.99. The molecule has 1 heterocycles. The van der Waals surface area contributed by atoms with Gasteiger partial charge in [-0.3, -0.25) is 4.79 Å². The maximum atomic E-state index is 12.8. The Balaban J connectivity index is 2.16. The van der Waals surface area contributed by atoms with E-state index in [9.17, 15) is 9.59 Å². The van der Waals surface area contributed by atoms with Crippen LogP contribution in [-0.2, 0) is 6.42 Å². The lowest BCUT2D eigenvalue weighted by molar-refractivity contribution is 0.0697. The lowest BCUT2D eigenvalue weighted by atomic mass is 10.0. The Bertz CT molecular complexity index is 998. The van der Waals surface area contributed by atoms with Crippen molar-refractivity contribution >= 4 is 29.1 Å². The van der Waals surface area contributed by atoms with E-state index in [-0.39, 0.29) is 11.0 Å². The van der Waals surface area contributed by atoms with Gasteiger partial charge in [-0.15, -0.1) is 0 Å². The number of rotatable bonds is 5. The maximum Gasteiger partial charge on any atom is 0.335 e. The molecule has 1 N–H and O–H groups in total. The average molecular weight is 334 g/mol. The topological polar surface area (TPSA) is 67.5 Å². The Hall–Kier alpha value is -3.14. The fraction of sp³-hybridized carbons (Fsp3) is 0.143. The zero-order chi connectivity index (χ0) is 17.8. The first kappa shape index (κ1) is 16.7. The molecule has 0 bridgehead atoms. The molecule has 0 fully saturated rings. The SMILES string of the molecule is CCCc1c(/C=C\c2ccccc2)oc2ccc(C(=O)O)cc2c1=O. The van der Waals surface area contributed by atoms with Crippen molar-refractivity contribution in [3.8, 4) is 0 Å². The first-order valence-electron chi connectivity index (χ1n) is 8.16. The highest BCUT2D eigenvalue weighted by Gasteiger charge is 2.14. The standard InChI is InChI=1S/C21H18O4/c1-2-6-16-18(11-9-14-7-4-3-5-8-14)25-19-12-10-15(21(23)24)13-17(19)20(16)22/h3-5,7-13H,2,6H2,1H3,(H,23,24)/b11-9-. The van der Waals surface area contributed by atoms with Crippen LogP contribution in [0.25, 0.3) is 23.1 Å². The van der Waals surface area contributed by atoms with Crippen LogP contribution in [0, 0.1) is 0 Å². The van der Waals surface area contributed by atoms with Crippen LogP contribution in [0.15, 0.2) is 57.7 Å². The maximum absolute atomic E-state index is 12.8. The third kappa shape index (κ3) is 3.53. The van der Waals surface area contributed by atoms with Crippen LogP contribution in [0.5, 0.6) is 0 Å². The fourth-order valence-corrected chi connectivity index (χ4v) is 2.74. The molecule has 1 aromatic heterocycles. The number of hydrogen-bond donors (Lipinski definition) is 1. The third-order valence-electron chi connectivity index (χ3n) is 3.99. The lowest BCUT2D eigenvalue weighted by Gasteiger charge is -2.07. The molecule has 126 valence electrons. The zero-order valence-electron chi connectivity index (χ0n) is 13.9. The minimum absolute atomic E-state index is 0.0785. The van der Waals surface area contributed by atoms with Gasteiger partial charge < -0.3 is 9.52 Å². The van der Waals surface area contributed by atoms with Gasteiger partial charge in [0.2, 0.25) is 0 Å². The van der Waals surface area contributed by atoms with E-state index < -0.39 is 5.97 Å². The van der Waals surface area contributed by atoms with Gasteiger partial charge in [-0.25, -0.2) is 4.79 Å². The summed E-state index contributed by atoms with van der Waals surface area (Å²) < 4.78 is 5.90. The van der Waals surface area contributed by atoms with Gasteiger partial charge in [0.15, 0.2) is 5.43 Å².